The van der Waals surface area contributed by atoms with Gasteiger partial charge in [-0.2, -0.15) is 0 Å². The molecular weight excluding hydrogens is 949 g/mol. The number of aliphatic hydroxyl groups is 7. The standard InChI is InChI=1S/C59H106O15/c1-3-5-7-9-11-13-15-17-19-20-21-22-23-24-25-26-28-30-32-34-36-38-40-42-51(62)72-47(44-69-50(61)41-39-37-35-33-31-29-27-18-16-14-12-10-8-6-4-2)45-70-58-57(68)55(66)53(64)49(74-58)46-71-59-56(67)54(65)52(63)48(43-60)73-59/h6,8,12,14,18,27,47-49,52-60,63-68H,3-5,7,9-11,13,15-17,19-26,28-46H2,1-2H3/b8-6+,14-12+,27-18+/t47-,48+,49+,52-,53-,54?,55?,56?,57?,58+,59+/m1/s1. The number of carbonyl (C=O) groups excluding carboxylic acids is 2. The molecule has 0 bridgehead atoms. The number of rotatable bonds is 47. The maximum absolute atomic E-state index is 13.1. The van der Waals surface area contributed by atoms with Crippen molar-refractivity contribution >= 4 is 11.9 Å². The van der Waals surface area contributed by atoms with Crippen molar-refractivity contribution in [1.29, 1.82) is 0 Å². The molecule has 0 spiro atoms. The lowest BCUT2D eigenvalue weighted by Gasteiger charge is -2.42. The number of unbranched alkanes of at least 4 members (excludes halogenated alkanes) is 27. The summed E-state index contributed by atoms with van der Waals surface area (Å²) in [5.41, 5.74) is 0. The van der Waals surface area contributed by atoms with Crippen molar-refractivity contribution in [3.05, 3.63) is 36.5 Å². The maximum atomic E-state index is 13.1. The van der Waals surface area contributed by atoms with Gasteiger partial charge in [0.1, 0.15) is 55.4 Å². The van der Waals surface area contributed by atoms with Crippen LogP contribution in [0.5, 0.6) is 0 Å². The quantitative estimate of drug-likeness (QED) is 0.0171. The van der Waals surface area contributed by atoms with Gasteiger partial charge in [-0.25, -0.2) is 0 Å². The van der Waals surface area contributed by atoms with Crippen LogP contribution in [-0.2, 0) is 38.0 Å². The molecule has 74 heavy (non-hydrogen) atoms. The van der Waals surface area contributed by atoms with E-state index < -0.39 is 92.7 Å². The zero-order valence-electron chi connectivity index (χ0n) is 46.1. The number of hydrogen-bond donors (Lipinski definition) is 7. The Labute approximate surface area is 446 Å². The van der Waals surface area contributed by atoms with Gasteiger partial charge in [0.15, 0.2) is 18.7 Å². The van der Waals surface area contributed by atoms with E-state index in [2.05, 4.69) is 50.3 Å². The molecule has 2 fully saturated rings. The van der Waals surface area contributed by atoms with Gasteiger partial charge in [-0.15, -0.1) is 0 Å². The lowest BCUT2D eigenvalue weighted by molar-refractivity contribution is -0.332. The Hall–Kier alpha value is -2.28. The summed E-state index contributed by atoms with van der Waals surface area (Å²) in [7, 11) is 0. The zero-order chi connectivity index (χ0) is 53.9. The van der Waals surface area contributed by atoms with Crippen LogP contribution in [-0.4, -0.2) is 142 Å². The zero-order valence-corrected chi connectivity index (χ0v) is 46.1. The Balaban J connectivity index is 1.73. The van der Waals surface area contributed by atoms with Gasteiger partial charge in [-0.3, -0.25) is 9.59 Å². The molecule has 15 heteroatoms. The van der Waals surface area contributed by atoms with Gasteiger partial charge in [0, 0.05) is 12.8 Å². The molecule has 2 aliphatic heterocycles. The SMILES string of the molecule is CC/C=C/C/C=C/C/C=C/CCCCCCCC(=O)OC[C@H](CO[C@H]1O[C@@H](CO[C@H]2O[C@@H](CO)[C@@H](O)C(O)C2O)[C@@H](O)C(O)C1O)OC(=O)CCCCCCCCCCCCCCCCCCCCCCCCC. The highest BCUT2D eigenvalue weighted by Crippen LogP contribution is 2.27. The van der Waals surface area contributed by atoms with Crippen LogP contribution in [0.15, 0.2) is 36.5 Å². The van der Waals surface area contributed by atoms with Crippen molar-refractivity contribution in [1.82, 2.24) is 0 Å². The molecule has 0 aromatic carbocycles. The molecule has 0 aromatic heterocycles. The van der Waals surface area contributed by atoms with E-state index in [1.165, 1.54) is 122 Å². The van der Waals surface area contributed by atoms with Crippen LogP contribution in [0.25, 0.3) is 0 Å². The first-order valence-electron chi connectivity index (χ1n) is 29.6. The van der Waals surface area contributed by atoms with E-state index in [0.29, 0.717) is 12.8 Å². The monoisotopic (exact) mass is 1050 g/mol. The minimum absolute atomic E-state index is 0.165. The molecule has 432 valence electrons. The van der Waals surface area contributed by atoms with Gasteiger partial charge < -0.3 is 64.2 Å². The Morgan fingerprint density at radius 2 is 0.851 bits per heavy atom. The van der Waals surface area contributed by atoms with Gasteiger partial charge in [0.05, 0.1) is 19.8 Å². The Morgan fingerprint density at radius 3 is 1.34 bits per heavy atom. The first-order valence-corrected chi connectivity index (χ1v) is 29.6. The summed E-state index contributed by atoms with van der Waals surface area (Å²) in [5.74, 6) is -0.935. The highest BCUT2D eigenvalue weighted by molar-refractivity contribution is 5.70. The predicted molar refractivity (Wildman–Crippen MR) is 289 cm³/mol. The number of carbonyl (C=O) groups is 2. The van der Waals surface area contributed by atoms with Crippen LogP contribution in [0, 0.1) is 0 Å². The smallest absolute Gasteiger partial charge is 0.306 e. The second kappa shape index (κ2) is 45.7. The molecule has 2 saturated heterocycles. The molecule has 2 aliphatic rings. The summed E-state index contributed by atoms with van der Waals surface area (Å²) >= 11 is 0. The Kier molecular flexibility index (Phi) is 41.9. The molecule has 7 N–H and O–H groups in total. The topological polar surface area (TPSA) is 231 Å². The van der Waals surface area contributed by atoms with Crippen LogP contribution in [0.3, 0.4) is 0 Å². The Morgan fingerprint density at radius 1 is 0.446 bits per heavy atom. The van der Waals surface area contributed by atoms with Crippen LogP contribution >= 0.6 is 0 Å². The Bertz CT molecular complexity index is 1430. The van der Waals surface area contributed by atoms with Crippen LogP contribution < -0.4 is 0 Å². The van der Waals surface area contributed by atoms with E-state index in [9.17, 15) is 45.3 Å². The van der Waals surface area contributed by atoms with Crippen molar-refractivity contribution in [2.45, 2.75) is 300 Å². The van der Waals surface area contributed by atoms with E-state index in [1.807, 2.05) is 0 Å². The molecule has 4 unspecified atom stereocenters. The van der Waals surface area contributed by atoms with Crippen LogP contribution in [0.4, 0.5) is 0 Å². The number of aliphatic hydroxyl groups excluding tert-OH is 7. The molecule has 2 heterocycles. The highest BCUT2D eigenvalue weighted by Gasteiger charge is 2.47. The van der Waals surface area contributed by atoms with E-state index in [0.717, 1.165) is 70.6 Å². The normalized spacial score (nSPS) is 24.9. The van der Waals surface area contributed by atoms with Crippen molar-refractivity contribution in [2.75, 3.05) is 26.4 Å². The first kappa shape index (κ1) is 67.8. The number of esters is 2. The summed E-state index contributed by atoms with van der Waals surface area (Å²) in [5, 5.41) is 72.3. The summed E-state index contributed by atoms with van der Waals surface area (Å²) in [4.78, 5) is 25.9. The molecule has 11 atom stereocenters. The average Bonchev–Trinajstić information content (AvgIpc) is 3.39. The fraction of sp³-hybridized carbons (Fsp3) is 0.864. The lowest BCUT2D eigenvalue weighted by atomic mass is 9.98. The summed E-state index contributed by atoms with van der Waals surface area (Å²) < 4.78 is 33.7. The first-order chi connectivity index (χ1) is 36.0. The fourth-order valence-electron chi connectivity index (χ4n) is 9.35. The predicted octanol–water partition coefficient (Wildman–Crippen LogP) is 10.1. The minimum atomic E-state index is -1.77. The molecule has 15 nitrogen and oxygen atoms in total. The third-order valence-electron chi connectivity index (χ3n) is 14.1. The third kappa shape index (κ3) is 32.5. The van der Waals surface area contributed by atoms with Gasteiger partial charge in [-0.1, -0.05) is 211 Å². The fourth-order valence-corrected chi connectivity index (χ4v) is 9.35. The third-order valence-corrected chi connectivity index (χ3v) is 14.1. The van der Waals surface area contributed by atoms with Crippen molar-refractivity contribution in [3.8, 4) is 0 Å². The van der Waals surface area contributed by atoms with Crippen LogP contribution in [0.2, 0.25) is 0 Å². The van der Waals surface area contributed by atoms with E-state index in [1.54, 1.807) is 0 Å². The summed E-state index contributed by atoms with van der Waals surface area (Å²) in [6.07, 6.45) is 34.6. The molecule has 0 aliphatic carbocycles. The van der Waals surface area contributed by atoms with E-state index in [4.69, 9.17) is 28.4 Å². The highest BCUT2D eigenvalue weighted by atomic mass is 16.7. The van der Waals surface area contributed by atoms with Gasteiger partial charge in [-0.05, 0) is 44.9 Å². The van der Waals surface area contributed by atoms with Gasteiger partial charge in [0.2, 0.25) is 0 Å². The van der Waals surface area contributed by atoms with Crippen molar-refractivity contribution < 1.29 is 73.8 Å². The molecule has 2 rings (SSSR count). The van der Waals surface area contributed by atoms with Gasteiger partial charge >= 0.3 is 11.9 Å². The largest absolute Gasteiger partial charge is 0.462 e. The number of ether oxygens (including phenoxy) is 6. The number of hydrogen-bond acceptors (Lipinski definition) is 15. The van der Waals surface area contributed by atoms with E-state index >= 15 is 0 Å². The second-order valence-electron chi connectivity index (χ2n) is 20.8. The summed E-state index contributed by atoms with van der Waals surface area (Å²) in [6.45, 7) is 2.50. The molecular formula is C59H106O15. The maximum Gasteiger partial charge on any atom is 0.306 e. The van der Waals surface area contributed by atoms with E-state index in [-0.39, 0.29) is 26.1 Å². The molecule has 0 radical (unpaired) electrons. The molecule has 0 saturated carbocycles. The summed E-state index contributed by atoms with van der Waals surface area (Å²) in [6, 6.07) is 0. The van der Waals surface area contributed by atoms with Crippen molar-refractivity contribution in [3.63, 3.8) is 0 Å². The number of allylic oxidation sites excluding steroid dienone is 6. The lowest BCUT2D eigenvalue weighted by Crippen LogP contribution is -2.61. The average molecular weight is 1060 g/mol. The van der Waals surface area contributed by atoms with Crippen LogP contribution in [0.1, 0.15) is 232 Å². The minimum Gasteiger partial charge on any atom is -0.462 e. The molecule has 0 amide bonds. The molecule has 0 aromatic rings. The van der Waals surface area contributed by atoms with Gasteiger partial charge in [0.25, 0.3) is 0 Å². The second-order valence-corrected chi connectivity index (χ2v) is 20.8. The van der Waals surface area contributed by atoms with Crippen molar-refractivity contribution in [2.24, 2.45) is 0 Å².